The number of hydrogen-bond acceptors (Lipinski definition) is 8. The third-order valence-electron chi connectivity index (χ3n) is 5.45. The Bertz CT molecular complexity index is 1230. The van der Waals surface area contributed by atoms with E-state index in [1.54, 1.807) is 36.0 Å². The van der Waals surface area contributed by atoms with Crippen molar-refractivity contribution in [2.75, 3.05) is 36.2 Å². The van der Waals surface area contributed by atoms with Crippen molar-refractivity contribution in [3.8, 4) is 17.6 Å². The molecule has 11 nitrogen and oxygen atoms in total. The standard InChI is InChI=1S/C21H22N8O3/c1-23-18-9-17(26-14-7-12(10-22)8-16-19(14)32-6-5-31-16)28-20-15(11-24-29(18)20)27-21(30)25-13-3-2-4-13/h7-9,11,13,23H,2-6H2,1H3,(H,26,28)(H2,25,27,30). The summed E-state index contributed by atoms with van der Waals surface area (Å²) in [6.45, 7) is 0.831. The second kappa shape index (κ2) is 8.14. The highest BCUT2D eigenvalue weighted by Crippen LogP contribution is 2.40. The highest BCUT2D eigenvalue weighted by atomic mass is 16.6. The molecule has 2 aromatic heterocycles. The average molecular weight is 434 g/mol. The van der Waals surface area contributed by atoms with E-state index in [0.717, 1.165) is 19.3 Å². The Labute approximate surface area is 183 Å². The maximum Gasteiger partial charge on any atom is 0.319 e. The van der Waals surface area contributed by atoms with Gasteiger partial charge in [0.05, 0.1) is 23.5 Å². The van der Waals surface area contributed by atoms with Gasteiger partial charge in [-0.1, -0.05) is 0 Å². The number of benzene rings is 1. The van der Waals surface area contributed by atoms with E-state index in [1.165, 1.54) is 0 Å². The zero-order valence-electron chi connectivity index (χ0n) is 17.4. The van der Waals surface area contributed by atoms with Gasteiger partial charge in [0.25, 0.3) is 0 Å². The number of aromatic nitrogens is 3. The van der Waals surface area contributed by atoms with E-state index in [1.807, 2.05) is 0 Å². The number of ether oxygens (including phenoxy) is 2. The first-order valence-electron chi connectivity index (χ1n) is 10.4. The molecule has 0 radical (unpaired) electrons. The summed E-state index contributed by atoms with van der Waals surface area (Å²) in [6.07, 6.45) is 4.68. The summed E-state index contributed by atoms with van der Waals surface area (Å²) in [5.41, 5.74) is 1.94. The van der Waals surface area contributed by atoms with E-state index in [9.17, 15) is 10.1 Å². The van der Waals surface area contributed by atoms with Gasteiger partial charge in [0, 0.05) is 25.2 Å². The highest BCUT2D eigenvalue weighted by Gasteiger charge is 2.22. The lowest BCUT2D eigenvalue weighted by atomic mass is 9.93. The van der Waals surface area contributed by atoms with Crippen molar-refractivity contribution < 1.29 is 14.3 Å². The second-order valence-electron chi connectivity index (χ2n) is 7.58. The Morgan fingerprint density at radius 2 is 2.06 bits per heavy atom. The molecule has 0 bridgehead atoms. The zero-order valence-corrected chi connectivity index (χ0v) is 17.4. The molecule has 1 aliphatic carbocycles. The van der Waals surface area contributed by atoms with Crippen molar-refractivity contribution in [2.24, 2.45) is 0 Å². The fraction of sp³-hybridized carbons (Fsp3) is 0.333. The monoisotopic (exact) mass is 434 g/mol. The van der Waals surface area contributed by atoms with Gasteiger partial charge in [-0.2, -0.15) is 14.9 Å². The predicted octanol–water partition coefficient (Wildman–Crippen LogP) is 2.83. The van der Waals surface area contributed by atoms with E-state index < -0.39 is 0 Å². The normalized spacial score (nSPS) is 14.9. The quantitative estimate of drug-likeness (QED) is 0.481. The molecule has 0 saturated heterocycles. The third kappa shape index (κ3) is 3.66. The van der Waals surface area contributed by atoms with Crippen molar-refractivity contribution in [1.29, 1.82) is 5.26 Å². The van der Waals surface area contributed by atoms with Crippen molar-refractivity contribution in [1.82, 2.24) is 19.9 Å². The fourth-order valence-electron chi connectivity index (χ4n) is 3.64. The number of urea groups is 1. The molecule has 4 N–H and O–H groups in total. The van der Waals surface area contributed by atoms with Crippen LogP contribution in [0.2, 0.25) is 0 Å². The van der Waals surface area contributed by atoms with Gasteiger partial charge in [-0.25, -0.2) is 9.78 Å². The number of carbonyl (C=O) groups is 1. The molecule has 2 aliphatic rings. The van der Waals surface area contributed by atoms with Gasteiger partial charge >= 0.3 is 6.03 Å². The van der Waals surface area contributed by atoms with Crippen molar-refractivity contribution in [3.05, 3.63) is 30.0 Å². The number of nitrogens with one attached hydrogen (secondary N) is 4. The van der Waals surface area contributed by atoms with Crippen LogP contribution >= 0.6 is 0 Å². The van der Waals surface area contributed by atoms with Crippen LogP contribution in [0, 0.1) is 11.3 Å². The maximum absolute atomic E-state index is 12.3. The first-order valence-corrected chi connectivity index (χ1v) is 10.4. The van der Waals surface area contributed by atoms with Gasteiger partial charge in [-0.3, -0.25) is 0 Å². The lowest BCUT2D eigenvalue weighted by Crippen LogP contribution is -2.41. The van der Waals surface area contributed by atoms with Crippen LogP contribution in [0.15, 0.2) is 24.4 Å². The molecule has 32 heavy (non-hydrogen) atoms. The Balaban J connectivity index is 1.48. The summed E-state index contributed by atoms with van der Waals surface area (Å²) in [6, 6.07) is 7.17. The SMILES string of the molecule is CNc1cc(Nc2cc(C#N)cc3c2OCCO3)nc2c(NC(=O)NC3CCC3)cnn12. The van der Waals surface area contributed by atoms with E-state index in [0.29, 0.717) is 58.9 Å². The molecule has 0 spiro atoms. The number of nitrogens with zero attached hydrogens (tertiary/aromatic N) is 4. The van der Waals surface area contributed by atoms with Gasteiger partial charge in [0.2, 0.25) is 0 Å². The summed E-state index contributed by atoms with van der Waals surface area (Å²) in [5, 5.41) is 25.8. The molecule has 1 aliphatic heterocycles. The molecule has 1 aromatic carbocycles. The smallest absolute Gasteiger partial charge is 0.319 e. The molecule has 2 amide bonds. The van der Waals surface area contributed by atoms with Crippen molar-refractivity contribution in [2.45, 2.75) is 25.3 Å². The van der Waals surface area contributed by atoms with Crippen molar-refractivity contribution in [3.63, 3.8) is 0 Å². The Morgan fingerprint density at radius 3 is 2.81 bits per heavy atom. The number of nitriles is 1. The predicted molar refractivity (Wildman–Crippen MR) is 118 cm³/mol. The minimum Gasteiger partial charge on any atom is -0.486 e. The Morgan fingerprint density at radius 1 is 1.22 bits per heavy atom. The summed E-state index contributed by atoms with van der Waals surface area (Å²) < 4.78 is 13.0. The van der Waals surface area contributed by atoms with Crippen LogP contribution in [0.1, 0.15) is 24.8 Å². The lowest BCUT2D eigenvalue weighted by molar-refractivity contribution is 0.172. The van der Waals surface area contributed by atoms with Crippen LogP contribution in [0.25, 0.3) is 5.65 Å². The van der Waals surface area contributed by atoms with Gasteiger partial charge < -0.3 is 30.7 Å². The molecule has 1 fully saturated rings. The lowest BCUT2D eigenvalue weighted by Gasteiger charge is -2.26. The number of amides is 2. The first kappa shape index (κ1) is 19.7. The second-order valence-corrected chi connectivity index (χ2v) is 7.58. The minimum absolute atomic E-state index is 0.218. The topological polar surface area (TPSA) is 138 Å². The third-order valence-corrected chi connectivity index (χ3v) is 5.45. The number of anilines is 4. The highest BCUT2D eigenvalue weighted by molar-refractivity contribution is 5.93. The molecule has 3 aromatic rings. The van der Waals surface area contributed by atoms with Crippen LogP contribution < -0.4 is 30.7 Å². The summed E-state index contributed by atoms with van der Waals surface area (Å²) >= 11 is 0. The Hall–Kier alpha value is -4.20. The first-order chi connectivity index (χ1) is 15.6. The van der Waals surface area contributed by atoms with Crippen LogP contribution in [-0.2, 0) is 0 Å². The zero-order chi connectivity index (χ0) is 22.1. The van der Waals surface area contributed by atoms with E-state index >= 15 is 0 Å². The minimum atomic E-state index is -0.280. The van der Waals surface area contributed by atoms with E-state index in [4.69, 9.17) is 9.47 Å². The summed E-state index contributed by atoms with van der Waals surface area (Å²) in [4.78, 5) is 17.0. The van der Waals surface area contributed by atoms with Gasteiger partial charge in [0.1, 0.15) is 30.5 Å². The van der Waals surface area contributed by atoms with Crippen molar-refractivity contribution >= 4 is 34.7 Å². The van der Waals surface area contributed by atoms with Gasteiger partial charge in [-0.05, 0) is 25.3 Å². The van der Waals surface area contributed by atoms with Crippen LogP contribution in [0.3, 0.4) is 0 Å². The largest absolute Gasteiger partial charge is 0.486 e. The molecule has 0 unspecified atom stereocenters. The van der Waals surface area contributed by atoms with Crippen LogP contribution in [0.4, 0.5) is 27.8 Å². The molecular formula is C21H22N8O3. The summed E-state index contributed by atoms with van der Waals surface area (Å²) in [7, 11) is 1.77. The fourth-order valence-corrected chi connectivity index (χ4v) is 3.64. The molecular weight excluding hydrogens is 412 g/mol. The van der Waals surface area contributed by atoms with Gasteiger partial charge in [-0.15, -0.1) is 0 Å². The van der Waals surface area contributed by atoms with Crippen LogP contribution in [0.5, 0.6) is 11.5 Å². The van der Waals surface area contributed by atoms with Crippen LogP contribution in [-0.4, -0.2) is 46.9 Å². The number of carbonyl (C=O) groups excluding carboxylic acids is 1. The average Bonchev–Trinajstić information content (AvgIpc) is 3.18. The number of rotatable bonds is 5. The Kier molecular flexibility index (Phi) is 5.03. The molecule has 3 heterocycles. The molecule has 164 valence electrons. The maximum atomic E-state index is 12.3. The van der Waals surface area contributed by atoms with Gasteiger partial charge in [0.15, 0.2) is 17.1 Å². The summed E-state index contributed by atoms with van der Waals surface area (Å²) in [5.74, 6) is 2.17. The van der Waals surface area contributed by atoms with E-state index in [-0.39, 0.29) is 12.1 Å². The molecule has 11 heteroatoms. The van der Waals surface area contributed by atoms with E-state index in [2.05, 4.69) is 37.4 Å². The number of hydrogen-bond donors (Lipinski definition) is 4. The number of fused-ring (bicyclic) bond motifs is 2. The molecule has 1 saturated carbocycles. The molecule has 5 rings (SSSR count). The molecule has 0 atom stereocenters.